The summed E-state index contributed by atoms with van der Waals surface area (Å²) >= 11 is 0. The van der Waals surface area contributed by atoms with E-state index in [-0.39, 0.29) is 18.3 Å². The minimum absolute atomic E-state index is 0.0232. The van der Waals surface area contributed by atoms with Gasteiger partial charge in [0.1, 0.15) is 28.6 Å². The van der Waals surface area contributed by atoms with Crippen LogP contribution in [0.2, 0.25) is 0 Å². The van der Waals surface area contributed by atoms with Crippen molar-refractivity contribution in [1.82, 2.24) is 10.3 Å². The molecule has 0 fully saturated rings. The molecule has 0 bridgehead atoms. The van der Waals surface area contributed by atoms with Crippen molar-refractivity contribution in [3.8, 4) is 0 Å². The summed E-state index contributed by atoms with van der Waals surface area (Å²) in [6.07, 6.45) is 0. The Kier molecular flexibility index (Phi) is 3.93. The van der Waals surface area contributed by atoms with Gasteiger partial charge in [0.2, 0.25) is 0 Å². The number of H-pyrrole nitrogens is 1. The Bertz CT molecular complexity index is 908. The molecule has 1 atom stereocenters. The zero-order valence-corrected chi connectivity index (χ0v) is 13.7. The zero-order chi connectivity index (χ0) is 17.5. The summed E-state index contributed by atoms with van der Waals surface area (Å²) in [6, 6.07) is 7.60. The molecular formula is C18H19FN2O3. The average molecular weight is 330 g/mol. The maximum absolute atomic E-state index is 13.2. The molecule has 0 aliphatic carbocycles. The maximum atomic E-state index is 13.2. The normalized spacial score (nSPS) is 13.9. The molecule has 24 heavy (non-hydrogen) atoms. The third-order valence-corrected chi connectivity index (χ3v) is 4.04. The number of carbonyl (C=O) groups excluding carboxylic acids is 1. The van der Waals surface area contributed by atoms with Gasteiger partial charge in [0.05, 0.1) is 6.54 Å². The standard InChI is InChI=1S/C18H19FN2O3/c1-10-6-14(11(2)24-10)18(3,23)9-20-17(22)16-8-12-7-13(19)4-5-15(12)21-16/h4-8,21,23H,9H2,1-3H3,(H,20,22). The Balaban J connectivity index is 1.75. The second-order valence-electron chi connectivity index (χ2n) is 6.20. The number of aromatic amines is 1. The van der Waals surface area contributed by atoms with E-state index in [4.69, 9.17) is 4.42 Å². The predicted molar refractivity (Wildman–Crippen MR) is 88.3 cm³/mol. The van der Waals surface area contributed by atoms with E-state index in [1.165, 1.54) is 12.1 Å². The predicted octanol–water partition coefficient (Wildman–Crippen LogP) is 3.15. The average Bonchev–Trinajstić information content (AvgIpc) is 3.07. The lowest BCUT2D eigenvalue weighted by molar-refractivity contribution is 0.0513. The number of aliphatic hydroxyl groups is 1. The van der Waals surface area contributed by atoms with Crippen molar-refractivity contribution >= 4 is 16.8 Å². The number of hydrogen-bond acceptors (Lipinski definition) is 3. The largest absolute Gasteiger partial charge is 0.466 e. The first-order valence-corrected chi connectivity index (χ1v) is 7.62. The van der Waals surface area contributed by atoms with Crippen molar-refractivity contribution in [3.05, 3.63) is 58.9 Å². The van der Waals surface area contributed by atoms with Crippen molar-refractivity contribution in [2.24, 2.45) is 0 Å². The van der Waals surface area contributed by atoms with Gasteiger partial charge in [-0.3, -0.25) is 4.79 Å². The molecule has 126 valence electrons. The molecule has 0 aliphatic rings. The Morgan fingerprint density at radius 2 is 2.08 bits per heavy atom. The maximum Gasteiger partial charge on any atom is 0.267 e. The van der Waals surface area contributed by atoms with Crippen molar-refractivity contribution in [1.29, 1.82) is 0 Å². The van der Waals surface area contributed by atoms with Crippen LogP contribution in [0.1, 0.15) is 34.5 Å². The van der Waals surface area contributed by atoms with Gasteiger partial charge in [-0.05, 0) is 51.1 Å². The number of hydrogen-bond donors (Lipinski definition) is 3. The number of benzene rings is 1. The number of nitrogens with one attached hydrogen (secondary N) is 2. The highest BCUT2D eigenvalue weighted by Gasteiger charge is 2.28. The molecule has 2 heterocycles. The first-order valence-electron chi connectivity index (χ1n) is 7.62. The summed E-state index contributed by atoms with van der Waals surface area (Å²) in [7, 11) is 0. The molecule has 5 nitrogen and oxygen atoms in total. The van der Waals surface area contributed by atoms with Gasteiger partial charge in [-0.2, -0.15) is 0 Å². The molecule has 3 aromatic rings. The summed E-state index contributed by atoms with van der Waals surface area (Å²) in [4.78, 5) is 15.2. The van der Waals surface area contributed by atoms with Crippen LogP contribution < -0.4 is 5.32 Å². The number of aromatic nitrogens is 1. The van der Waals surface area contributed by atoms with Gasteiger partial charge in [-0.1, -0.05) is 0 Å². The number of fused-ring (bicyclic) bond motifs is 1. The van der Waals surface area contributed by atoms with E-state index in [0.29, 0.717) is 33.7 Å². The fraction of sp³-hybridized carbons (Fsp3) is 0.278. The smallest absolute Gasteiger partial charge is 0.267 e. The summed E-state index contributed by atoms with van der Waals surface area (Å²) < 4.78 is 18.7. The molecule has 2 aromatic heterocycles. The van der Waals surface area contributed by atoms with Crippen molar-refractivity contribution in [2.45, 2.75) is 26.4 Å². The molecule has 3 N–H and O–H groups in total. The topological polar surface area (TPSA) is 78.3 Å². The van der Waals surface area contributed by atoms with E-state index in [0.717, 1.165) is 0 Å². The fourth-order valence-corrected chi connectivity index (χ4v) is 2.83. The minimum Gasteiger partial charge on any atom is -0.466 e. The number of amides is 1. The zero-order valence-electron chi connectivity index (χ0n) is 13.7. The van der Waals surface area contributed by atoms with Crippen LogP contribution >= 0.6 is 0 Å². The molecule has 0 radical (unpaired) electrons. The molecule has 0 saturated carbocycles. The highest BCUT2D eigenvalue weighted by Crippen LogP contribution is 2.26. The van der Waals surface area contributed by atoms with Gasteiger partial charge in [0.15, 0.2) is 0 Å². The molecule has 1 unspecified atom stereocenters. The Hall–Kier alpha value is -2.60. The first-order chi connectivity index (χ1) is 11.3. The molecule has 1 amide bonds. The number of rotatable bonds is 4. The monoisotopic (exact) mass is 330 g/mol. The van der Waals surface area contributed by atoms with Gasteiger partial charge in [-0.15, -0.1) is 0 Å². The Labute approximate surface area is 138 Å². The second kappa shape index (κ2) is 5.79. The summed E-state index contributed by atoms with van der Waals surface area (Å²) in [5, 5.41) is 13.9. The third-order valence-electron chi connectivity index (χ3n) is 4.04. The van der Waals surface area contributed by atoms with Gasteiger partial charge >= 0.3 is 0 Å². The number of carbonyl (C=O) groups is 1. The first kappa shape index (κ1) is 16.3. The van der Waals surface area contributed by atoms with Gasteiger partial charge < -0.3 is 19.8 Å². The molecule has 0 aliphatic heterocycles. The van der Waals surface area contributed by atoms with E-state index in [9.17, 15) is 14.3 Å². The molecule has 1 aromatic carbocycles. The highest BCUT2D eigenvalue weighted by atomic mass is 19.1. The highest BCUT2D eigenvalue weighted by molar-refractivity contribution is 5.98. The van der Waals surface area contributed by atoms with Crippen LogP contribution in [0.5, 0.6) is 0 Å². The number of furan rings is 1. The van der Waals surface area contributed by atoms with Crippen LogP contribution in [-0.2, 0) is 5.60 Å². The summed E-state index contributed by atoms with van der Waals surface area (Å²) in [5.41, 5.74) is 0.371. The SMILES string of the molecule is Cc1cc(C(C)(O)CNC(=O)c2cc3cc(F)ccc3[nH]2)c(C)o1. The summed E-state index contributed by atoms with van der Waals surface area (Å²) in [5.74, 6) is 0.589. The van der Waals surface area contributed by atoms with E-state index in [1.807, 2.05) is 0 Å². The Morgan fingerprint density at radius 1 is 1.33 bits per heavy atom. The van der Waals surface area contributed by atoms with Crippen LogP contribution in [0.4, 0.5) is 4.39 Å². The lowest BCUT2D eigenvalue weighted by atomic mass is 9.96. The van der Waals surface area contributed by atoms with Crippen LogP contribution in [0.25, 0.3) is 10.9 Å². The summed E-state index contributed by atoms with van der Waals surface area (Å²) in [6.45, 7) is 5.21. The lowest BCUT2D eigenvalue weighted by Gasteiger charge is -2.23. The van der Waals surface area contributed by atoms with Crippen molar-refractivity contribution in [3.63, 3.8) is 0 Å². The molecule has 0 saturated heterocycles. The molecular weight excluding hydrogens is 311 g/mol. The van der Waals surface area contributed by atoms with Crippen molar-refractivity contribution < 1.29 is 18.7 Å². The second-order valence-corrected chi connectivity index (χ2v) is 6.20. The lowest BCUT2D eigenvalue weighted by Crippen LogP contribution is -2.38. The molecule has 0 spiro atoms. The van der Waals surface area contributed by atoms with Gasteiger partial charge in [0.25, 0.3) is 5.91 Å². The minimum atomic E-state index is -1.25. The van der Waals surface area contributed by atoms with Crippen LogP contribution in [-0.4, -0.2) is 22.5 Å². The van der Waals surface area contributed by atoms with Gasteiger partial charge in [0, 0.05) is 16.5 Å². The fourth-order valence-electron chi connectivity index (χ4n) is 2.83. The van der Waals surface area contributed by atoms with Crippen LogP contribution in [0.15, 0.2) is 34.7 Å². The van der Waals surface area contributed by atoms with E-state index < -0.39 is 5.60 Å². The number of aryl methyl sites for hydroxylation is 2. The van der Waals surface area contributed by atoms with Crippen molar-refractivity contribution in [2.75, 3.05) is 6.54 Å². The molecule has 6 heteroatoms. The number of halogens is 1. The van der Waals surface area contributed by atoms with Gasteiger partial charge in [-0.25, -0.2) is 4.39 Å². The van der Waals surface area contributed by atoms with E-state index in [2.05, 4.69) is 10.3 Å². The van der Waals surface area contributed by atoms with E-state index in [1.54, 1.807) is 39.0 Å². The molecule has 3 rings (SSSR count). The van der Waals surface area contributed by atoms with Crippen LogP contribution in [0.3, 0.4) is 0 Å². The van der Waals surface area contributed by atoms with E-state index >= 15 is 0 Å². The Morgan fingerprint density at radius 3 is 2.75 bits per heavy atom. The third kappa shape index (κ3) is 3.05. The van der Waals surface area contributed by atoms with Crippen LogP contribution in [0, 0.1) is 19.7 Å². The quantitative estimate of drug-likeness (QED) is 0.687.